The normalized spacial score (nSPS) is 15.6. The average Bonchev–Trinajstić information content (AvgIpc) is 3.21. The Hall–Kier alpha value is -3.88. The SMILES string of the molecule is CN(Cc1nc(C2CC(=O)N(c3ccc(F)cc3)C2)cc(N(C)C)n1)C(=O)c1ccccn1. The van der Waals surface area contributed by atoms with Gasteiger partial charge in [-0.15, -0.1) is 0 Å². The first-order valence-electron chi connectivity index (χ1n) is 10.6. The lowest BCUT2D eigenvalue weighted by Gasteiger charge is -2.20. The summed E-state index contributed by atoms with van der Waals surface area (Å²) < 4.78 is 13.3. The molecule has 170 valence electrons. The van der Waals surface area contributed by atoms with Crippen molar-refractivity contribution in [3.8, 4) is 0 Å². The van der Waals surface area contributed by atoms with E-state index in [-0.39, 0.29) is 30.1 Å². The number of anilines is 2. The van der Waals surface area contributed by atoms with Gasteiger partial charge in [0.05, 0.1) is 12.2 Å². The molecule has 8 nitrogen and oxygen atoms in total. The van der Waals surface area contributed by atoms with Gasteiger partial charge >= 0.3 is 0 Å². The fourth-order valence-corrected chi connectivity index (χ4v) is 3.76. The predicted molar refractivity (Wildman–Crippen MR) is 123 cm³/mol. The minimum Gasteiger partial charge on any atom is -0.363 e. The Morgan fingerprint density at radius 1 is 1.12 bits per heavy atom. The van der Waals surface area contributed by atoms with Crippen molar-refractivity contribution in [2.45, 2.75) is 18.9 Å². The molecular formula is C24H25FN6O2. The fourth-order valence-electron chi connectivity index (χ4n) is 3.76. The van der Waals surface area contributed by atoms with Crippen molar-refractivity contribution >= 4 is 23.3 Å². The second-order valence-corrected chi connectivity index (χ2v) is 8.22. The van der Waals surface area contributed by atoms with Gasteiger partial charge in [0.2, 0.25) is 5.91 Å². The molecular weight excluding hydrogens is 423 g/mol. The van der Waals surface area contributed by atoms with Crippen LogP contribution in [0.1, 0.15) is 34.3 Å². The van der Waals surface area contributed by atoms with E-state index >= 15 is 0 Å². The number of carbonyl (C=O) groups excluding carboxylic acids is 2. The van der Waals surface area contributed by atoms with Gasteiger partial charge in [0.25, 0.3) is 5.91 Å². The van der Waals surface area contributed by atoms with Crippen LogP contribution in [-0.4, -0.2) is 59.4 Å². The number of benzene rings is 1. The van der Waals surface area contributed by atoms with Gasteiger partial charge < -0.3 is 14.7 Å². The Labute approximate surface area is 191 Å². The van der Waals surface area contributed by atoms with Crippen molar-refractivity contribution in [1.82, 2.24) is 19.9 Å². The van der Waals surface area contributed by atoms with Crippen LogP contribution in [0.3, 0.4) is 0 Å². The van der Waals surface area contributed by atoms with Crippen LogP contribution in [0, 0.1) is 5.82 Å². The average molecular weight is 449 g/mol. The molecule has 1 aliphatic rings. The van der Waals surface area contributed by atoms with E-state index in [0.29, 0.717) is 36.0 Å². The monoisotopic (exact) mass is 448 g/mol. The molecule has 4 rings (SSSR count). The molecule has 0 radical (unpaired) electrons. The van der Waals surface area contributed by atoms with E-state index in [2.05, 4.69) is 9.97 Å². The van der Waals surface area contributed by atoms with Gasteiger partial charge in [-0.05, 0) is 36.4 Å². The lowest BCUT2D eigenvalue weighted by molar-refractivity contribution is -0.117. The lowest BCUT2D eigenvalue weighted by atomic mass is 10.0. The maximum Gasteiger partial charge on any atom is 0.272 e. The summed E-state index contributed by atoms with van der Waals surface area (Å²) in [6.07, 6.45) is 1.87. The van der Waals surface area contributed by atoms with Gasteiger partial charge in [0.15, 0.2) is 0 Å². The van der Waals surface area contributed by atoms with Crippen molar-refractivity contribution in [3.05, 3.63) is 77.8 Å². The number of pyridine rings is 1. The van der Waals surface area contributed by atoms with Crippen LogP contribution in [0.4, 0.5) is 15.9 Å². The van der Waals surface area contributed by atoms with Gasteiger partial charge in [0.1, 0.15) is 23.2 Å². The molecule has 9 heteroatoms. The first kappa shape index (κ1) is 22.3. The number of rotatable bonds is 6. The van der Waals surface area contributed by atoms with Crippen LogP contribution < -0.4 is 9.80 Å². The Morgan fingerprint density at radius 2 is 1.88 bits per heavy atom. The molecule has 1 fully saturated rings. The number of amides is 2. The van der Waals surface area contributed by atoms with E-state index in [1.165, 1.54) is 17.0 Å². The molecule has 0 saturated carbocycles. The number of halogens is 1. The summed E-state index contributed by atoms with van der Waals surface area (Å²) >= 11 is 0. The molecule has 33 heavy (non-hydrogen) atoms. The second-order valence-electron chi connectivity index (χ2n) is 8.22. The maximum atomic E-state index is 13.3. The molecule has 2 aromatic heterocycles. The Kier molecular flexibility index (Phi) is 6.30. The molecule has 1 saturated heterocycles. The van der Waals surface area contributed by atoms with Crippen LogP contribution in [0.25, 0.3) is 0 Å². The molecule has 3 aromatic rings. The summed E-state index contributed by atoms with van der Waals surface area (Å²) in [6, 6.07) is 12.9. The Bertz CT molecular complexity index is 1150. The van der Waals surface area contributed by atoms with Gasteiger partial charge in [-0.2, -0.15) is 0 Å². The van der Waals surface area contributed by atoms with Crippen molar-refractivity contribution < 1.29 is 14.0 Å². The zero-order valence-corrected chi connectivity index (χ0v) is 18.8. The van der Waals surface area contributed by atoms with Crippen molar-refractivity contribution in [3.63, 3.8) is 0 Å². The van der Waals surface area contributed by atoms with Crippen molar-refractivity contribution in [1.29, 1.82) is 0 Å². The molecule has 1 atom stereocenters. The van der Waals surface area contributed by atoms with E-state index in [9.17, 15) is 14.0 Å². The number of nitrogens with zero attached hydrogens (tertiary/aromatic N) is 6. The highest BCUT2D eigenvalue weighted by atomic mass is 19.1. The highest BCUT2D eigenvalue weighted by Gasteiger charge is 2.33. The molecule has 1 aromatic carbocycles. The first-order valence-corrected chi connectivity index (χ1v) is 10.6. The molecule has 1 aliphatic heterocycles. The van der Waals surface area contributed by atoms with E-state index in [0.717, 1.165) is 5.69 Å². The van der Waals surface area contributed by atoms with E-state index in [1.54, 1.807) is 48.5 Å². The van der Waals surface area contributed by atoms with E-state index in [1.807, 2.05) is 25.1 Å². The summed E-state index contributed by atoms with van der Waals surface area (Å²) in [5.41, 5.74) is 1.74. The van der Waals surface area contributed by atoms with Crippen LogP contribution >= 0.6 is 0 Å². The van der Waals surface area contributed by atoms with Crippen LogP contribution in [0.15, 0.2) is 54.7 Å². The zero-order chi connectivity index (χ0) is 23.5. The molecule has 3 heterocycles. The minimum absolute atomic E-state index is 0.0411. The summed E-state index contributed by atoms with van der Waals surface area (Å²) in [5.74, 6) is 0.425. The third-order valence-corrected chi connectivity index (χ3v) is 5.53. The highest BCUT2D eigenvalue weighted by Crippen LogP contribution is 2.32. The number of aromatic nitrogens is 3. The topological polar surface area (TPSA) is 82.5 Å². The smallest absolute Gasteiger partial charge is 0.272 e. The van der Waals surface area contributed by atoms with Gasteiger partial charge in [-0.1, -0.05) is 6.07 Å². The molecule has 1 unspecified atom stereocenters. The molecule has 2 amide bonds. The summed E-state index contributed by atoms with van der Waals surface area (Å²) in [7, 11) is 5.43. The Balaban J connectivity index is 1.57. The summed E-state index contributed by atoms with van der Waals surface area (Å²) in [4.78, 5) is 43.8. The highest BCUT2D eigenvalue weighted by molar-refractivity contribution is 5.96. The molecule has 0 spiro atoms. The zero-order valence-electron chi connectivity index (χ0n) is 18.8. The number of hydrogen-bond donors (Lipinski definition) is 0. The number of hydrogen-bond acceptors (Lipinski definition) is 6. The number of carbonyl (C=O) groups is 2. The van der Waals surface area contributed by atoms with Gasteiger partial charge in [-0.25, -0.2) is 14.4 Å². The van der Waals surface area contributed by atoms with E-state index in [4.69, 9.17) is 4.98 Å². The minimum atomic E-state index is -0.345. The van der Waals surface area contributed by atoms with Crippen LogP contribution in [0.5, 0.6) is 0 Å². The summed E-state index contributed by atoms with van der Waals surface area (Å²) in [5, 5.41) is 0. The van der Waals surface area contributed by atoms with Crippen molar-refractivity contribution in [2.75, 3.05) is 37.5 Å². The van der Waals surface area contributed by atoms with Crippen molar-refractivity contribution in [2.24, 2.45) is 0 Å². The molecule has 0 bridgehead atoms. The summed E-state index contributed by atoms with van der Waals surface area (Å²) in [6.45, 7) is 0.642. The maximum absolute atomic E-state index is 13.3. The largest absolute Gasteiger partial charge is 0.363 e. The van der Waals surface area contributed by atoms with Crippen LogP contribution in [-0.2, 0) is 11.3 Å². The van der Waals surface area contributed by atoms with Crippen LogP contribution in [0.2, 0.25) is 0 Å². The third kappa shape index (κ3) is 4.97. The standard InChI is InChI=1S/C24H25FN6O2/c1-29(2)22-13-20(16-12-23(32)31(14-16)18-9-7-17(25)8-10-18)27-21(28-22)15-30(3)24(33)19-6-4-5-11-26-19/h4-11,13,16H,12,14-15H2,1-3H3. The fraction of sp³-hybridized carbons (Fsp3) is 0.292. The second kappa shape index (κ2) is 9.32. The van der Waals surface area contributed by atoms with E-state index < -0.39 is 0 Å². The van der Waals surface area contributed by atoms with Gasteiger partial charge in [0, 0.05) is 58.0 Å². The molecule has 0 N–H and O–H groups in total. The predicted octanol–water partition coefficient (Wildman–Crippen LogP) is 2.87. The van der Waals surface area contributed by atoms with Gasteiger partial charge in [-0.3, -0.25) is 14.6 Å². The lowest BCUT2D eigenvalue weighted by Crippen LogP contribution is -2.28. The third-order valence-electron chi connectivity index (χ3n) is 5.53. The first-order chi connectivity index (χ1) is 15.8. The molecule has 0 aliphatic carbocycles. The quantitative estimate of drug-likeness (QED) is 0.577. The Morgan fingerprint density at radius 3 is 2.55 bits per heavy atom.